The van der Waals surface area contributed by atoms with E-state index < -0.39 is 6.17 Å². The normalized spacial score (nSPS) is 12.1. The third-order valence-electron chi connectivity index (χ3n) is 2.65. The van der Waals surface area contributed by atoms with Crippen molar-refractivity contribution < 1.29 is 14.0 Å². The van der Waals surface area contributed by atoms with Gasteiger partial charge >= 0.3 is 0 Å². The Labute approximate surface area is 120 Å². The van der Waals surface area contributed by atoms with Gasteiger partial charge in [-0.1, -0.05) is 30.9 Å². The van der Waals surface area contributed by atoms with Crippen molar-refractivity contribution in [3.63, 3.8) is 0 Å². The maximum absolute atomic E-state index is 13.7. The van der Waals surface area contributed by atoms with Crippen LogP contribution in [-0.2, 0) is 9.59 Å². The van der Waals surface area contributed by atoms with E-state index in [2.05, 4.69) is 10.3 Å². The third-order valence-corrected chi connectivity index (χ3v) is 3.64. The molecular weight excluding hydrogens is 291 g/mol. The number of amides is 2. The zero-order chi connectivity index (χ0) is 14.1. The number of nitrogens with one attached hydrogen (secondary N) is 1. The van der Waals surface area contributed by atoms with E-state index in [9.17, 15) is 14.0 Å². The molecule has 1 aromatic rings. The van der Waals surface area contributed by atoms with Crippen LogP contribution in [0.15, 0.2) is 5.38 Å². The molecule has 1 aromatic heterocycles. The molecule has 106 valence electrons. The van der Waals surface area contributed by atoms with Crippen LogP contribution in [0.2, 0.25) is 4.47 Å². The van der Waals surface area contributed by atoms with Crippen molar-refractivity contribution in [1.82, 2.24) is 10.3 Å². The molecule has 2 amide bonds. The molecule has 0 aliphatic rings. The summed E-state index contributed by atoms with van der Waals surface area (Å²) in [4.78, 5) is 24.8. The zero-order valence-electron chi connectivity index (χ0n) is 10.4. The first-order chi connectivity index (χ1) is 9.13. The lowest BCUT2D eigenvalue weighted by molar-refractivity contribution is -0.125. The molecule has 7 heteroatoms. The van der Waals surface area contributed by atoms with Gasteiger partial charge in [0.25, 0.3) is 0 Å². The van der Waals surface area contributed by atoms with Gasteiger partial charge in [0.05, 0.1) is 5.69 Å². The number of carbonyl (C=O) groups excluding carboxylic acids is 2. The summed E-state index contributed by atoms with van der Waals surface area (Å²) in [5.74, 6) is -0.268. The van der Waals surface area contributed by atoms with Gasteiger partial charge in [0.15, 0.2) is 4.47 Å². The minimum absolute atomic E-state index is 0.268. The number of nitrogens with zero attached hydrogens (tertiary/aromatic N) is 1. The topological polar surface area (TPSA) is 59.1 Å². The summed E-state index contributed by atoms with van der Waals surface area (Å²) in [7, 11) is 0. The fraction of sp³-hybridized carbons (Fsp3) is 0.583. The van der Waals surface area contributed by atoms with Gasteiger partial charge in [-0.25, -0.2) is 9.37 Å². The summed E-state index contributed by atoms with van der Waals surface area (Å²) in [6, 6.07) is 0. The summed E-state index contributed by atoms with van der Waals surface area (Å²) in [5, 5.41) is 3.72. The average Bonchev–Trinajstić information content (AvgIpc) is 2.80. The molecule has 0 spiro atoms. The highest BCUT2D eigenvalue weighted by atomic mass is 35.5. The number of thiazole rings is 1. The predicted octanol–water partition coefficient (Wildman–Crippen LogP) is 3.42. The standard InChI is InChI=1S/C12H16ClFN2O2S/c13-12-16-10(7-19-12)9(14)5-3-1-2-4-6-11(18)15-8-17/h7-9H,1-6H2,(H,15,17,18). The van der Waals surface area contributed by atoms with E-state index in [4.69, 9.17) is 11.6 Å². The lowest BCUT2D eigenvalue weighted by Gasteiger charge is -2.05. The third kappa shape index (κ3) is 6.63. The van der Waals surface area contributed by atoms with Crippen molar-refractivity contribution >= 4 is 35.3 Å². The predicted molar refractivity (Wildman–Crippen MR) is 72.9 cm³/mol. The van der Waals surface area contributed by atoms with Crippen LogP contribution in [0.5, 0.6) is 0 Å². The Bertz CT molecular complexity index is 414. The first kappa shape index (κ1) is 16.0. The van der Waals surface area contributed by atoms with E-state index in [0.717, 1.165) is 19.3 Å². The first-order valence-electron chi connectivity index (χ1n) is 6.11. The van der Waals surface area contributed by atoms with E-state index >= 15 is 0 Å². The maximum atomic E-state index is 13.7. The number of unbranched alkanes of at least 4 members (excludes halogenated alkanes) is 3. The SMILES string of the molecule is O=CNC(=O)CCCCCCC(F)c1csc(Cl)n1. The molecular formula is C12H16ClFN2O2S. The minimum atomic E-state index is -1.07. The highest BCUT2D eigenvalue weighted by Crippen LogP contribution is 2.27. The molecule has 0 aliphatic heterocycles. The summed E-state index contributed by atoms with van der Waals surface area (Å²) < 4.78 is 14.0. The van der Waals surface area contributed by atoms with Gasteiger partial charge in [0, 0.05) is 11.8 Å². The monoisotopic (exact) mass is 306 g/mol. The van der Waals surface area contributed by atoms with Crippen LogP contribution in [0.4, 0.5) is 4.39 Å². The van der Waals surface area contributed by atoms with Crippen molar-refractivity contribution in [2.75, 3.05) is 0 Å². The van der Waals surface area contributed by atoms with Gasteiger partial charge in [-0.05, 0) is 12.8 Å². The lowest BCUT2D eigenvalue weighted by Crippen LogP contribution is -2.20. The van der Waals surface area contributed by atoms with Crippen LogP contribution >= 0.6 is 22.9 Å². The van der Waals surface area contributed by atoms with Crippen molar-refractivity contribution in [2.24, 2.45) is 0 Å². The van der Waals surface area contributed by atoms with Crippen LogP contribution in [0.25, 0.3) is 0 Å². The molecule has 1 atom stereocenters. The summed E-state index contributed by atoms with van der Waals surface area (Å²) in [5.41, 5.74) is 0.403. The van der Waals surface area contributed by atoms with E-state index in [1.165, 1.54) is 11.3 Å². The number of hydrogen-bond donors (Lipinski definition) is 1. The highest BCUT2D eigenvalue weighted by molar-refractivity contribution is 7.13. The summed E-state index contributed by atoms with van der Waals surface area (Å²) in [6.45, 7) is 0. The van der Waals surface area contributed by atoms with Crippen LogP contribution in [0.1, 0.15) is 50.4 Å². The van der Waals surface area contributed by atoms with Crippen molar-refractivity contribution in [2.45, 2.75) is 44.7 Å². The summed E-state index contributed by atoms with van der Waals surface area (Å²) in [6.07, 6.45) is 3.21. The van der Waals surface area contributed by atoms with E-state index in [1.807, 2.05) is 0 Å². The molecule has 1 heterocycles. The Morgan fingerprint density at radius 3 is 2.84 bits per heavy atom. The molecule has 19 heavy (non-hydrogen) atoms. The van der Waals surface area contributed by atoms with Gasteiger partial charge in [0.2, 0.25) is 12.3 Å². The lowest BCUT2D eigenvalue weighted by atomic mass is 10.1. The fourth-order valence-electron chi connectivity index (χ4n) is 1.66. The van der Waals surface area contributed by atoms with Crippen LogP contribution in [-0.4, -0.2) is 17.3 Å². The van der Waals surface area contributed by atoms with Crippen LogP contribution < -0.4 is 5.32 Å². The molecule has 1 rings (SSSR count). The van der Waals surface area contributed by atoms with Gasteiger partial charge in [-0.15, -0.1) is 11.3 Å². The second-order valence-corrected chi connectivity index (χ2v) is 5.57. The second kappa shape index (κ2) is 8.98. The number of aromatic nitrogens is 1. The van der Waals surface area contributed by atoms with Crippen molar-refractivity contribution in [3.05, 3.63) is 15.5 Å². The van der Waals surface area contributed by atoms with Gasteiger partial charge in [-0.3, -0.25) is 14.9 Å². The maximum Gasteiger partial charge on any atom is 0.226 e. The molecule has 0 radical (unpaired) electrons. The smallest absolute Gasteiger partial charge is 0.226 e. The van der Waals surface area contributed by atoms with Crippen LogP contribution in [0.3, 0.4) is 0 Å². The quantitative estimate of drug-likeness (QED) is 0.562. The molecule has 0 saturated carbocycles. The van der Waals surface area contributed by atoms with Crippen LogP contribution in [0, 0.1) is 0 Å². The first-order valence-corrected chi connectivity index (χ1v) is 7.37. The molecule has 1 unspecified atom stereocenters. The van der Waals surface area contributed by atoms with E-state index in [1.54, 1.807) is 5.38 Å². The molecule has 0 fully saturated rings. The largest absolute Gasteiger partial charge is 0.299 e. The fourth-order valence-corrected chi connectivity index (χ4v) is 2.46. The number of carbonyl (C=O) groups is 2. The molecule has 0 aliphatic carbocycles. The van der Waals surface area contributed by atoms with Gasteiger partial charge in [-0.2, -0.15) is 0 Å². The number of rotatable bonds is 9. The number of imide groups is 1. The average molecular weight is 307 g/mol. The zero-order valence-corrected chi connectivity index (χ0v) is 12.0. The Balaban J connectivity index is 2.04. The van der Waals surface area contributed by atoms with Crippen molar-refractivity contribution in [3.8, 4) is 0 Å². The Kier molecular flexibility index (Phi) is 7.59. The van der Waals surface area contributed by atoms with E-state index in [0.29, 0.717) is 35.8 Å². The van der Waals surface area contributed by atoms with Gasteiger partial charge in [0.1, 0.15) is 6.17 Å². The molecule has 0 aromatic carbocycles. The van der Waals surface area contributed by atoms with Gasteiger partial charge < -0.3 is 0 Å². The minimum Gasteiger partial charge on any atom is -0.299 e. The Morgan fingerprint density at radius 1 is 1.47 bits per heavy atom. The summed E-state index contributed by atoms with van der Waals surface area (Å²) >= 11 is 6.87. The number of alkyl halides is 1. The number of halogens is 2. The number of hydrogen-bond acceptors (Lipinski definition) is 4. The molecule has 0 saturated heterocycles. The van der Waals surface area contributed by atoms with Crippen molar-refractivity contribution in [1.29, 1.82) is 0 Å². The molecule has 0 bridgehead atoms. The molecule has 1 N–H and O–H groups in total. The highest BCUT2D eigenvalue weighted by Gasteiger charge is 2.12. The Hall–Kier alpha value is -1.01. The Morgan fingerprint density at radius 2 is 2.21 bits per heavy atom. The molecule has 4 nitrogen and oxygen atoms in total. The second-order valence-electron chi connectivity index (χ2n) is 4.13. The van der Waals surface area contributed by atoms with E-state index in [-0.39, 0.29) is 5.91 Å².